The molecule has 0 amide bonds. The van der Waals surface area contributed by atoms with Crippen LogP contribution < -0.4 is 15.8 Å². The molecule has 2 rings (SSSR count). The summed E-state index contributed by atoms with van der Waals surface area (Å²) in [6, 6.07) is 8.06. The van der Waals surface area contributed by atoms with Crippen LogP contribution in [0.15, 0.2) is 29.1 Å². The second kappa shape index (κ2) is 9.69. The second-order valence-electron chi connectivity index (χ2n) is 6.63. The zero-order valence-corrected chi connectivity index (χ0v) is 17.1. The summed E-state index contributed by atoms with van der Waals surface area (Å²) < 4.78 is 0. The first kappa shape index (κ1) is 20.4. The zero-order chi connectivity index (χ0) is 19.1. The average molecular weight is 376 g/mol. The van der Waals surface area contributed by atoms with E-state index < -0.39 is 0 Å². The first-order valence-electron chi connectivity index (χ1n) is 9.47. The van der Waals surface area contributed by atoms with Gasteiger partial charge in [0.15, 0.2) is 5.11 Å². The van der Waals surface area contributed by atoms with Crippen molar-refractivity contribution in [1.29, 1.82) is 0 Å². The standard InChI is InChI=1S/C20H30N4OS/c1-5-21-20(26)24(12-11-23(6-2)7-3)14-17-13-16-10-8-9-15(4)18(16)22-19(17)25/h8-10,13H,5-7,11-12,14H2,1-4H3,(H,21,26)(H,22,25)/p+1. The Labute approximate surface area is 161 Å². The lowest BCUT2D eigenvalue weighted by molar-refractivity contribution is -0.895. The maximum Gasteiger partial charge on any atom is 0.253 e. The Balaban J connectivity index is 2.26. The number of H-pyrrole nitrogens is 1. The number of aryl methyl sites for hydroxylation is 1. The smallest absolute Gasteiger partial charge is 0.253 e. The second-order valence-corrected chi connectivity index (χ2v) is 7.01. The van der Waals surface area contributed by atoms with Crippen LogP contribution >= 0.6 is 12.2 Å². The van der Waals surface area contributed by atoms with Gasteiger partial charge in [-0.25, -0.2) is 0 Å². The number of hydrogen-bond acceptors (Lipinski definition) is 2. The highest BCUT2D eigenvalue weighted by atomic mass is 32.1. The van der Waals surface area contributed by atoms with Crippen LogP contribution in [0, 0.1) is 6.92 Å². The summed E-state index contributed by atoms with van der Waals surface area (Å²) >= 11 is 5.55. The van der Waals surface area contributed by atoms with Crippen molar-refractivity contribution in [1.82, 2.24) is 15.2 Å². The Morgan fingerprint density at radius 3 is 2.65 bits per heavy atom. The molecule has 0 unspecified atom stereocenters. The van der Waals surface area contributed by atoms with E-state index in [1.54, 1.807) is 0 Å². The molecule has 5 nitrogen and oxygen atoms in total. The minimum atomic E-state index is -0.0358. The minimum Gasteiger partial charge on any atom is -0.363 e. The number of nitrogens with one attached hydrogen (secondary N) is 3. The quantitative estimate of drug-likeness (QED) is 0.612. The normalized spacial score (nSPS) is 11.1. The fourth-order valence-electron chi connectivity index (χ4n) is 3.16. The number of likely N-dealkylation sites (N-methyl/N-ethyl adjacent to an activating group) is 1. The molecule has 0 aliphatic rings. The number of aromatic nitrogens is 1. The van der Waals surface area contributed by atoms with Gasteiger partial charge in [-0.05, 0) is 56.9 Å². The third kappa shape index (κ3) is 5.05. The number of quaternary nitrogens is 1. The van der Waals surface area contributed by atoms with Crippen molar-refractivity contribution in [3.63, 3.8) is 0 Å². The fourth-order valence-corrected chi connectivity index (χ4v) is 3.46. The molecule has 26 heavy (non-hydrogen) atoms. The van der Waals surface area contributed by atoms with Gasteiger partial charge in [0.1, 0.15) is 0 Å². The predicted molar refractivity (Wildman–Crippen MR) is 113 cm³/mol. The SMILES string of the molecule is CCNC(=S)N(CC[NH+](CC)CC)Cc1cc2cccc(C)c2[nH]c1=O. The van der Waals surface area contributed by atoms with Crippen molar-refractivity contribution in [2.24, 2.45) is 0 Å². The molecule has 0 radical (unpaired) electrons. The van der Waals surface area contributed by atoms with Crippen LogP contribution in [-0.4, -0.2) is 47.7 Å². The Hall–Kier alpha value is -1.92. The third-order valence-corrected chi connectivity index (χ3v) is 5.28. The predicted octanol–water partition coefficient (Wildman–Crippen LogP) is 1.46. The molecule has 142 valence electrons. The van der Waals surface area contributed by atoms with Gasteiger partial charge in [-0.15, -0.1) is 0 Å². The molecule has 0 saturated carbocycles. The summed E-state index contributed by atoms with van der Waals surface area (Å²) in [5, 5.41) is 5.00. The third-order valence-electron chi connectivity index (χ3n) is 4.88. The fraction of sp³-hybridized carbons (Fsp3) is 0.500. The van der Waals surface area contributed by atoms with Gasteiger partial charge in [0.2, 0.25) is 0 Å². The molecule has 6 heteroatoms. The first-order chi connectivity index (χ1) is 12.5. The van der Waals surface area contributed by atoms with Gasteiger partial charge in [0, 0.05) is 12.1 Å². The van der Waals surface area contributed by atoms with Gasteiger partial charge in [-0.3, -0.25) is 4.79 Å². The highest BCUT2D eigenvalue weighted by Crippen LogP contribution is 2.15. The molecule has 0 bridgehead atoms. The Kier molecular flexibility index (Phi) is 7.60. The largest absolute Gasteiger partial charge is 0.363 e. The number of fused-ring (bicyclic) bond motifs is 1. The molecule has 0 aliphatic heterocycles. The molecule has 1 heterocycles. The summed E-state index contributed by atoms with van der Waals surface area (Å²) in [5.74, 6) is 0. The van der Waals surface area contributed by atoms with Crippen LogP contribution in [0.25, 0.3) is 10.9 Å². The van der Waals surface area contributed by atoms with E-state index >= 15 is 0 Å². The van der Waals surface area contributed by atoms with Crippen LogP contribution in [0.4, 0.5) is 0 Å². The maximum atomic E-state index is 12.6. The molecule has 1 aromatic carbocycles. The number of thiocarbonyl (C=S) groups is 1. The van der Waals surface area contributed by atoms with Gasteiger partial charge in [0.25, 0.3) is 5.56 Å². The molecule has 3 N–H and O–H groups in total. The van der Waals surface area contributed by atoms with E-state index in [1.807, 2.05) is 38.1 Å². The van der Waals surface area contributed by atoms with Crippen LogP contribution in [0.3, 0.4) is 0 Å². The molecule has 0 atom stereocenters. The minimum absolute atomic E-state index is 0.0358. The van der Waals surface area contributed by atoms with E-state index in [0.29, 0.717) is 11.7 Å². The highest BCUT2D eigenvalue weighted by Gasteiger charge is 2.15. The van der Waals surface area contributed by atoms with Crippen molar-refractivity contribution < 1.29 is 4.90 Å². The molecular weight excluding hydrogens is 344 g/mol. The van der Waals surface area contributed by atoms with Gasteiger partial charge in [-0.2, -0.15) is 0 Å². The van der Waals surface area contributed by atoms with E-state index in [1.165, 1.54) is 4.90 Å². The van der Waals surface area contributed by atoms with Crippen molar-refractivity contribution in [2.75, 3.05) is 32.7 Å². The summed E-state index contributed by atoms with van der Waals surface area (Å²) in [6.45, 7) is 13.7. The van der Waals surface area contributed by atoms with E-state index in [9.17, 15) is 4.79 Å². The van der Waals surface area contributed by atoms with Gasteiger partial charge in [0.05, 0.1) is 38.2 Å². The van der Waals surface area contributed by atoms with Crippen molar-refractivity contribution in [2.45, 2.75) is 34.2 Å². The van der Waals surface area contributed by atoms with E-state index in [2.05, 4.69) is 29.0 Å². The number of rotatable bonds is 8. The number of aromatic amines is 1. The van der Waals surface area contributed by atoms with Gasteiger partial charge >= 0.3 is 0 Å². The summed E-state index contributed by atoms with van der Waals surface area (Å²) in [6.07, 6.45) is 0. The van der Waals surface area contributed by atoms with Gasteiger partial charge in [-0.1, -0.05) is 18.2 Å². The number of nitrogens with zero attached hydrogens (tertiary/aromatic N) is 1. The number of para-hydroxylation sites is 1. The topological polar surface area (TPSA) is 52.6 Å². The summed E-state index contributed by atoms with van der Waals surface area (Å²) in [7, 11) is 0. The Morgan fingerprint density at radius 2 is 2.00 bits per heavy atom. The molecular formula is C20H31N4OS+. The molecule has 2 aromatic rings. The highest BCUT2D eigenvalue weighted by molar-refractivity contribution is 7.80. The lowest BCUT2D eigenvalue weighted by Gasteiger charge is -2.27. The zero-order valence-electron chi connectivity index (χ0n) is 16.3. The summed E-state index contributed by atoms with van der Waals surface area (Å²) in [5.41, 5.74) is 2.70. The monoisotopic (exact) mass is 375 g/mol. The molecule has 0 saturated heterocycles. The van der Waals surface area contributed by atoms with Crippen LogP contribution in [-0.2, 0) is 6.54 Å². The van der Waals surface area contributed by atoms with E-state index in [4.69, 9.17) is 12.2 Å². The lowest BCUT2D eigenvalue weighted by atomic mass is 10.1. The average Bonchev–Trinajstić information content (AvgIpc) is 2.63. The molecule has 1 aromatic heterocycles. The van der Waals surface area contributed by atoms with E-state index in [-0.39, 0.29) is 5.56 Å². The Morgan fingerprint density at radius 1 is 1.27 bits per heavy atom. The Bertz CT molecular complexity index is 798. The van der Waals surface area contributed by atoms with Gasteiger partial charge < -0.3 is 20.1 Å². The van der Waals surface area contributed by atoms with Crippen LogP contribution in [0.1, 0.15) is 31.9 Å². The maximum absolute atomic E-state index is 12.6. The van der Waals surface area contributed by atoms with Crippen LogP contribution in [0.5, 0.6) is 0 Å². The molecule has 0 aliphatic carbocycles. The molecule has 0 spiro atoms. The van der Waals surface area contributed by atoms with Crippen molar-refractivity contribution in [3.8, 4) is 0 Å². The first-order valence-corrected chi connectivity index (χ1v) is 9.88. The number of benzene rings is 1. The summed E-state index contributed by atoms with van der Waals surface area (Å²) in [4.78, 5) is 19.3. The molecule has 0 fully saturated rings. The van der Waals surface area contributed by atoms with Crippen molar-refractivity contribution >= 4 is 28.2 Å². The lowest BCUT2D eigenvalue weighted by Crippen LogP contribution is -3.12. The van der Waals surface area contributed by atoms with Crippen LogP contribution in [0.2, 0.25) is 0 Å². The number of hydrogen-bond donors (Lipinski definition) is 3. The number of pyridine rings is 1. The van der Waals surface area contributed by atoms with E-state index in [0.717, 1.165) is 54.8 Å². The van der Waals surface area contributed by atoms with Crippen molar-refractivity contribution in [3.05, 3.63) is 45.7 Å².